The molecule has 8 heteroatoms. The van der Waals surface area contributed by atoms with Crippen LogP contribution in [-0.2, 0) is 15.7 Å². The van der Waals surface area contributed by atoms with Gasteiger partial charge in [-0.15, -0.1) is 0 Å². The molecule has 2 rings (SSSR count). The molecule has 0 spiro atoms. The van der Waals surface area contributed by atoms with Crippen LogP contribution in [0.1, 0.15) is 5.56 Å². The predicted molar refractivity (Wildman–Crippen MR) is 78.1 cm³/mol. The van der Waals surface area contributed by atoms with Crippen molar-refractivity contribution in [2.24, 2.45) is 0 Å². The zero-order valence-electron chi connectivity index (χ0n) is 9.89. The molecule has 0 unspecified atom stereocenters. The first-order chi connectivity index (χ1) is 9.38. The number of ether oxygens (including phenoxy) is 1. The van der Waals surface area contributed by atoms with Gasteiger partial charge < -0.3 is 4.74 Å². The van der Waals surface area contributed by atoms with Gasteiger partial charge in [-0.1, -0.05) is 23.2 Å². The summed E-state index contributed by atoms with van der Waals surface area (Å²) in [5, 5.41) is 0.625. The minimum atomic E-state index is -3.81. The number of nitrogens with zero attached hydrogens (tertiary/aromatic N) is 1. The van der Waals surface area contributed by atoms with Crippen molar-refractivity contribution in [2.75, 3.05) is 0 Å². The maximum Gasteiger partial charge on any atom is 0.261 e. The van der Waals surface area contributed by atoms with Gasteiger partial charge in [-0.25, -0.2) is 8.42 Å². The van der Waals surface area contributed by atoms with Crippen LogP contribution in [-0.4, -0.2) is 13.4 Å². The van der Waals surface area contributed by atoms with Crippen molar-refractivity contribution in [3.63, 3.8) is 0 Å². The Kier molecular flexibility index (Phi) is 4.75. The predicted octanol–water partition coefficient (Wildman–Crippen LogP) is 3.89. The van der Waals surface area contributed by atoms with Crippen molar-refractivity contribution in [1.29, 1.82) is 0 Å². The lowest BCUT2D eigenvalue weighted by molar-refractivity contribution is 0.306. The van der Waals surface area contributed by atoms with Gasteiger partial charge in [-0.05, 0) is 24.3 Å². The summed E-state index contributed by atoms with van der Waals surface area (Å²) in [6.45, 7) is 0.189. The normalized spacial score (nSPS) is 11.3. The molecule has 1 heterocycles. The highest BCUT2D eigenvalue weighted by Crippen LogP contribution is 2.29. The van der Waals surface area contributed by atoms with Gasteiger partial charge in [0.15, 0.2) is 0 Å². The molecular formula is C12H8Cl3NO3S. The Morgan fingerprint density at radius 3 is 2.50 bits per heavy atom. The van der Waals surface area contributed by atoms with Crippen LogP contribution >= 0.6 is 33.9 Å². The van der Waals surface area contributed by atoms with E-state index in [1.54, 1.807) is 12.3 Å². The Hall–Kier alpha value is -1.01. The summed E-state index contributed by atoms with van der Waals surface area (Å²) in [6, 6.07) is 5.70. The van der Waals surface area contributed by atoms with Gasteiger partial charge in [-0.2, -0.15) is 0 Å². The van der Waals surface area contributed by atoms with E-state index in [1.165, 1.54) is 24.4 Å². The van der Waals surface area contributed by atoms with Crippen molar-refractivity contribution in [3.05, 3.63) is 52.3 Å². The zero-order valence-corrected chi connectivity index (χ0v) is 13.0. The Bertz CT molecular complexity index is 734. The maximum absolute atomic E-state index is 11.2. The number of benzene rings is 1. The molecule has 0 radical (unpaired) electrons. The van der Waals surface area contributed by atoms with Crippen LogP contribution in [0.15, 0.2) is 41.6 Å². The number of aromatic nitrogens is 1. The molecule has 0 N–H and O–H groups in total. The third kappa shape index (κ3) is 3.76. The molecule has 0 saturated carbocycles. The summed E-state index contributed by atoms with van der Waals surface area (Å²) in [4.78, 5) is 3.78. The minimum Gasteiger partial charge on any atom is -0.487 e. The van der Waals surface area contributed by atoms with Gasteiger partial charge in [0.2, 0.25) is 0 Å². The van der Waals surface area contributed by atoms with Crippen molar-refractivity contribution in [2.45, 2.75) is 11.5 Å². The topological polar surface area (TPSA) is 56.3 Å². The second-order valence-electron chi connectivity index (χ2n) is 3.79. The van der Waals surface area contributed by atoms with E-state index in [-0.39, 0.29) is 16.5 Å². The lowest BCUT2D eigenvalue weighted by atomic mass is 10.3. The lowest BCUT2D eigenvalue weighted by Crippen LogP contribution is -1.98. The van der Waals surface area contributed by atoms with E-state index in [4.69, 9.17) is 38.6 Å². The summed E-state index contributed by atoms with van der Waals surface area (Å²) < 4.78 is 27.8. The fraction of sp³-hybridized carbons (Fsp3) is 0.0833. The van der Waals surface area contributed by atoms with E-state index >= 15 is 0 Å². The smallest absolute Gasteiger partial charge is 0.261 e. The quantitative estimate of drug-likeness (QED) is 0.783. The number of halogens is 3. The van der Waals surface area contributed by atoms with Crippen molar-refractivity contribution >= 4 is 42.9 Å². The van der Waals surface area contributed by atoms with Gasteiger partial charge in [0.25, 0.3) is 9.05 Å². The zero-order chi connectivity index (χ0) is 14.8. The molecule has 1 aromatic carbocycles. The molecule has 0 aliphatic carbocycles. The summed E-state index contributed by atoms with van der Waals surface area (Å²) in [5.41, 5.74) is 0.742. The van der Waals surface area contributed by atoms with Gasteiger partial charge in [0, 0.05) is 28.6 Å². The Labute approximate surface area is 130 Å². The summed E-state index contributed by atoms with van der Waals surface area (Å²) in [6.07, 6.45) is 3.10. The maximum atomic E-state index is 11.2. The van der Waals surface area contributed by atoms with Crippen LogP contribution in [0, 0.1) is 0 Å². The Morgan fingerprint density at radius 2 is 1.90 bits per heavy atom. The van der Waals surface area contributed by atoms with Crippen LogP contribution in [0.5, 0.6) is 5.75 Å². The molecule has 2 aromatic rings. The SMILES string of the molecule is O=S(=O)(Cl)c1ccc(OCc2ccncc2Cl)c(Cl)c1. The monoisotopic (exact) mass is 351 g/mol. The Balaban J connectivity index is 2.17. The summed E-state index contributed by atoms with van der Waals surface area (Å²) in [7, 11) is 1.41. The van der Waals surface area contributed by atoms with Gasteiger partial charge in [-0.3, -0.25) is 4.98 Å². The molecule has 0 amide bonds. The standard InChI is InChI=1S/C12H8Cl3NO3S/c13-10-5-9(20(15,17)18)1-2-12(10)19-7-8-3-4-16-6-11(8)14/h1-6H,7H2. The molecule has 106 valence electrons. The molecule has 20 heavy (non-hydrogen) atoms. The minimum absolute atomic E-state index is 0.0848. The molecule has 1 aromatic heterocycles. The molecule has 0 aliphatic rings. The van der Waals surface area contributed by atoms with Crippen molar-refractivity contribution in [3.8, 4) is 5.75 Å². The van der Waals surface area contributed by atoms with Crippen LogP contribution < -0.4 is 4.74 Å². The molecular weight excluding hydrogens is 345 g/mol. The number of hydrogen-bond donors (Lipinski definition) is 0. The Morgan fingerprint density at radius 1 is 1.15 bits per heavy atom. The molecule has 0 saturated heterocycles. The second-order valence-corrected chi connectivity index (χ2v) is 7.17. The number of pyridine rings is 1. The van der Waals surface area contributed by atoms with Gasteiger partial charge in [0.05, 0.1) is 14.9 Å². The highest BCUT2D eigenvalue weighted by Gasteiger charge is 2.13. The van der Waals surface area contributed by atoms with E-state index in [0.717, 1.165) is 5.56 Å². The van der Waals surface area contributed by atoms with Crippen LogP contribution in [0.4, 0.5) is 0 Å². The van der Waals surface area contributed by atoms with Gasteiger partial charge in [0.1, 0.15) is 12.4 Å². The van der Waals surface area contributed by atoms with Crippen molar-refractivity contribution < 1.29 is 13.2 Å². The van der Waals surface area contributed by atoms with Crippen molar-refractivity contribution in [1.82, 2.24) is 4.98 Å². The van der Waals surface area contributed by atoms with Crippen LogP contribution in [0.2, 0.25) is 10.0 Å². The summed E-state index contributed by atoms with van der Waals surface area (Å²) in [5.74, 6) is 0.337. The largest absolute Gasteiger partial charge is 0.487 e. The highest BCUT2D eigenvalue weighted by atomic mass is 35.7. The third-order valence-electron chi connectivity index (χ3n) is 2.42. The fourth-order valence-electron chi connectivity index (χ4n) is 1.43. The van der Waals surface area contributed by atoms with Gasteiger partial charge >= 0.3 is 0 Å². The first kappa shape index (κ1) is 15.4. The summed E-state index contributed by atoms with van der Waals surface area (Å²) >= 11 is 11.9. The molecule has 0 aliphatic heterocycles. The van der Waals surface area contributed by atoms with E-state index in [2.05, 4.69) is 4.98 Å². The molecule has 0 bridgehead atoms. The fourth-order valence-corrected chi connectivity index (χ4v) is 2.68. The van der Waals surface area contributed by atoms with E-state index in [9.17, 15) is 8.42 Å². The first-order valence-corrected chi connectivity index (χ1v) is 8.40. The molecule has 4 nitrogen and oxygen atoms in total. The molecule has 0 fully saturated rings. The second kappa shape index (κ2) is 6.18. The first-order valence-electron chi connectivity index (χ1n) is 5.33. The van der Waals surface area contributed by atoms with Crippen LogP contribution in [0.3, 0.4) is 0 Å². The number of rotatable bonds is 4. The van der Waals surface area contributed by atoms with E-state index < -0.39 is 9.05 Å². The number of hydrogen-bond acceptors (Lipinski definition) is 4. The highest BCUT2D eigenvalue weighted by molar-refractivity contribution is 8.13. The van der Waals surface area contributed by atoms with Crippen LogP contribution in [0.25, 0.3) is 0 Å². The average molecular weight is 353 g/mol. The van der Waals surface area contributed by atoms with E-state index in [0.29, 0.717) is 10.8 Å². The van der Waals surface area contributed by atoms with E-state index in [1.807, 2.05) is 0 Å². The third-order valence-corrected chi connectivity index (χ3v) is 4.41. The molecule has 0 atom stereocenters. The average Bonchev–Trinajstić information content (AvgIpc) is 2.38. The lowest BCUT2D eigenvalue weighted by Gasteiger charge is -2.09.